The predicted octanol–water partition coefficient (Wildman–Crippen LogP) is -0.128. The smallest absolute Gasteiger partial charge is 0.257 e. The minimum atomic E-state index is -3.42. The molecule has 1 aromatic heterocycles. The van der Waals surface area contributed by atoms with Crippen LogP contribution in [0.5, 0.6) is 0 Å². The highest BCUT2D eigenvalue weighted by molar-refractivity contribution is 7.89. The molecule has 0 saturated carbocycles. The maximum absolute atomic E-state index is 12.0. The van der Waals surface area contributed by atoms with Crippen molar-refractivity contribution in [3.8, 4) is 0 Å². The van der Waals surface area contributed by atoms with Crippen LogP contribution in [-0.4, -0.2) is 37.3 Å². The topological polar surface area (TPSA) is 76.0 Å². The Morgan fingerprint density at radius 1 is 1.47 bits per heavy atom. The van der Waals surface area contributed by atoms with E-state index in [4.69, 9.17) is 0 Å². The molecule has 0 atom stereocenters. The third-order valence-corrected chi connectivity index (χ3v) is 4.31. The normalized spacial score (nSPS) is 17.7. The number of sulfonamides is 1. The van der Waals surface area contributed by atoms with Crippen molar-refractivity contribution in [2.45, 2.75) is 23.9 Å². The number of piperidine rings is 1. The van der Waals surface area contributed by atoms with Gasteiger partial charge in [-0.2, -0.15) is 5.10 Å². The molecule has 2 N–H and O–H groups in total. The summed E-state index contributed by atoms with van der Waals surface area (Å²) in [6, 6.07) is 1.53. The van der Waals surface area contributed by atoms with Gasteiger partial charge in [0, 0.05) is 13.1 Å². The van der Waals surface area contributed by atoms with E-state index in [-0.39, 0.29) is 23.5 Å². The third-order valence-electron chi connectivity index (χ3n) is 2.71. The Kier molecular flexibility index (Phi) is 4.93. The lowest BCUT2D eigenvalue weighted by atomic mass is 10.1. The molecule has 1 aliphatic heterocycles. The second-order valence-corrected chi connectivity index (χ2v) is 5.60. The van der Waals surface area contributed by atoms with Crippen molar-refractivity contribution in [2.24, 2.45) is 7.05 Å². The van der Waals surface area contributed by atoms with Gasteiger partial charge in [0.2, 0.25) is 0 Å². The molecule has 0 amide bonds. The van der Waals surface area contributed by atoms with Crippen LogP contribution in [0.2, 0.25) is 0 Å². The van der Waals surface area contributed by atoms with Gasteiger partial charge in [-0.05, 0) is 32.0 Å². The van der Waals surface area contributed by atoms with Crippen LogP contribution in [0.4, 0.5) is 0 Å². The molecule has 1 saturated heterocycles. The fraction of sp³-hybridized carbons (Fsp3) is 0.667. The largest absolute Gasteiger partial charge is 0.317 e. The van der Waals surface area contributed by atoms with Crippen molar-refractivity contribution in [2.75, 3.05) is 13.1 Å². The zero-order valence-corrected chi connectivity index (χ0v) is 11.2. The van der Waals surface area contributed by atoms with E-state index in [0.29, 0.717) is 0 Å². The van der Waals surface area contributed by atoms with E-state index in [1.807, 2.05) is 0 Å². The molecule has 1 aromatic rings. The molecule has 0 radical (unpaired) electrons. The average molecular weight is 281 g/mol. The van der Waals surface area contributed by atoms with Crippen LogP contribution in [0.15, 0.2) is 17.3 Å². The molecule has 17 heavy (non-hydrogen) atoms. The van der Waals surface area contributed by atoms with E-state index in [1.165, 1.54) is 16.9 Å². The second-order valence-electron chi connectivity index (χ2n) is 3.94. The minimum absolute atomic E-state index is 0. The van der Waals surface area contributed by atoms with Crippen molar-refractivity contribution in [3.63, 3.8) is 0 Å². The van der Waals surface area contributed by atoms with E-state index < -0.39 is 10.0 Å². The Bertz CT molecular complexity index is 453. The van der Waals surface area contributed by atoms with Gasteiger partial charge in [0.1, 0.15) is 0 Å². The highest BCUT2D eigenvalue weighted by Gasteiger charge is 2.23. The number of aryl methyl sites for hydroxylation is 1. The SMILES string of the molecule is Cl.Cn1nccc1S(=O)(=O)NC1CCNCC1. The van der Waals surface area contributed by atoms with Gasteiger partial charge in [0.25, 0.3) is 10.0 Å². The van der Waals surface area contributed by atoms with Gasteiger partial charge in [0.15, 0.2) is 5.03 Å². The molecule has 2 heterocycles. The standard InChI is InChI=1S/C9H16N4O2S.ClH/c1-13-9(4-7-11-13)16(14,15)12-8-2-5-10-6-3-8;/h4,7-8,10,12H,2-3,5-6H2,1H3;1H. The molecule has 0 aromatic carbocycles. The fourth-order valence-electron chi connectivity index (χ4n) is 1.84. The second kappa shape index (κ2) is 5.81. The van der Waals surface area contributed by atoms with Crippen LogP contribution in [0.1, 0.15) is 12.8 Å². The van der Waals surface area contributed by atoms with Gasteiger partial charge in [-0.1, -0.05) is 0 Å². The number of nitrogens with one attached hydrogen (secondary N) is 2. The maximum Gasteiger partial charge on any atom is 0.257 e. The van der Waals surface area contributed by atoms with Crippen LogP contribution in [0.25, 0.3) is 0 Å². The summed E-state index contributed by atoms with van der Waals surface area (Å²) in [7, 11) is -1.80. The summed E-state index contributed by atoms with van der Waals surface area (Å²) in [6.07, 6.45) is 3.14. The van der Waals surface area contributed by atoms with Gasteiger partial charge < -0.3 is 5.32 Å². The van der Waals surface area contributed by atoms with Crippen LogP contribution in [-0.2, 0) is 17.1 Å². The Balaban J connectivity index is 0.00000144. The number of aromatic nitrogens is 2. The molecule has 1 aliphatic rings. The van der Waals surface area contributed by atoms with Crippen molar-refractivity contribution in [3.05, 3.63) is 12.3 Å². The van der Waals surface area contributed by atoms with Crippen molar-refractivity contribution in [1.82, 2.24) is 19.8 Å². The molecule has 0 spiro atoms. The van der Waals surface area contributed by atoms with E-state index in [9.17, 15) is 8.42 Å². The van der Waals surface area contributed by atoms with Gasteiger partial charge in [-0.15, -0.1) is 12.4 Å². The van der Waals surface area contributed by atoms with Gasteiger partial charge in [-0.25, -0.2) is 13.1 Å². The highest BCUT2D eigenvalue weighted by Crippen LogP contribution is 2.10. The molecular weight excluding hydrogens is 264 g/mol. The Hall–Kier alpha value is -0.630. The fourth-order valence-corrected chi connectivity index (χ4v) is 3.28. The van der Waals surface area contributed by atoms with E-state index in [1.54, 1.807) is 7.05 Å². The zero-order valence-electron chi connectivity index (χ0n) is 9.59. The molecule has 0 unspecified atom stereocenters. The first-order valence-corrected chi connectivity index (χ1v) is 6.79. The zero-order chi connectivity index (χ0) is 11.6. The summed E-state index contributed by atoms with van der Waals surface area (Å²) in [5.74, 6) is 0. The van der Waals surface area contributed by atoms with E-state index in [2.05, 4.69) is 15.1 Å². The summed E-state index contributed by atoms with van der Waals surface area (Å²) in [5, 5.41) is 7.27. The lowest BCUT2D eigenvalue weighted by Crippen LogP contribution is -2.43. The summed E-state index contributed by atoms with van der Waals surface area (Å²) in [5.41, 5.74) is 0. The molecule has 98 valence electrons. The van der Waals surface area contributed by atoms with Gasteiger partial charge >= 0.3 is 0 Å². The number of hydrogen-bond donors (Lipinski definition) is 2. The lowest BCUT2D eigenvalue weighted by Gasteiger charge is -2.23. The molecule has 0 aliphatic carbocycles. The van der Waals surface area contributed by atoms with Crippen molar-refractivity contribution < 1.29 is 8.42 Å². The summed E-state index contributed by atoms with van der Waals surface area (Å²) >= 11 is 0. The molecular formula is C9H17ClN4O2S. The first-order valence-electron chi connectivity index (χ1n) is 5.30. The van der Waals surface area contributed by atoms with Crippen LogP contribution in [0.3, 0.4) is 0 Å². The Morgan fingerprint density at radius 2 is 2.12 bits per heavy atom. The molecule has 8 heteroatoms. The molecule has 6 nitrogen and oxygen atoms in total. The quantitative estimate of drug-likeness (QED) is 0.809. The molecule has 2 rings (SSSR count). The van der Waals surface area contributed by atoms with Gasteiger partial charge in [0.05, 0.1) is 6.20 Å². The van der Waals surface area contributed by atoms with Crippen molar-refractivity contribution in [1.29, 1.82) is 0 Å². The van der Waals surface area contributed by atoms with Crippen LogP contribution >= 0.6 is 12.4 Å². The van der Waals surface area contributed by atoms with E-state index in [0.717, 1.165) is 25.9 Å². The maximum atomic E-state index is 12.0. The number of nitrogens with zero attached hydrogens (tertiary/aromatic N) is 2. The number of hydrogen-bond acceptors (Lipinski definition) is 4. The summed E-state index contributed by atoms with van der Waals surface area (Å²) in [4.78, 5) is 0. The first-order chi connectivity index (χ1) is 7.59. The molecule has 0 bridgehead atoms. The third kappa shape index (κ3) is 3.41. The Morgan fingerprint density at radius 3 is 2.65 bits per heavy atom. The summed E-state index contributed by atoms with van der Waals surface area (Å²) < 4.78 is 28.1. The summed E-state index contributed by atoms with van der Waals surface area (Å²) in [6.45, 7) is 1.72. The predicted molar refractivity (Wildman–Crippen MR) is 66.7 cm³/mol. The average Bonchev–Trinajstić information content (AvgIpc) is 2.66. The highest BCUT2D eigenvalue weighted by atomic mass is 35.5. The number of rotatable bonds is 3. The van der Waals surface area contributed by atoms with E-state index >= 15 is 0 Å². The van der Waals surface area contributed by atoms with Gasteiger partial charge in [-0.3, -0.25) is 4.68 Å². The van der Waals surface area contributed by atoms with Crippen LogP contribution < -0.4 is 10.0 Å². The van der Waals surface area contributed by atoms with Crippen molar-refractivity contribution >= 4 is 22.4 Å². The number of halogens is 1. The monoisotopic (exact) mass is 280 g/mol. The lowest BCUT2D eigenvalue weighted by molar-refractivity contribution is 0.425. The first kappa shape index (κ1) is 14.4. The minimum Gasteiger partial charge on any atom is -0.317 e. The Labute approximate surface area is 107 Å². The molecule has 1 fully saturated rings. The van der Waals surface area contributed by atoms with Crippen LogP contribution in [0, 0.1) is 0 Å².